The van der Waals surface area contributed by atoms with Gasteiger partial charge in [0.2, 0.25) is 10.0 Å². The van der Waals surface area contributed by atoms with Crippen LogP contribution in [0.3, 0.4) is 0 Å². The molecule has 0 spiro atoms. The van der Waals surface area contributed by atoms with Gasteiger partial charge in [0.1, 0.15) is 0 Å². The molecule has 2 N–H and O–H groups in total. The van der Waals surface area contributed by atoms with Crippen molar-refractivity contribution in [1.82, 2.24) is 10.0 Å². The molecule has 0 saturated carbocycles. The summed E-state index contributed by atoms with van der Waals surface area (Å²) in [6, 6.07) is 16.7. The van der Waals surface area contributed by atoms with Gasteiger partial charge in [-0.05, 0) is 48.6 Å². The quantitative estimate of drug-likeness (QED) is 0.738. The van der Waals surface area contributed by atoms with E-state index < -0.39 is 10.0 Å². The van der Waals surface area contributed by atoms with Crippen LogP contribution < -0.4 is 10.0 Å². The monoisotopic (exact) mass is 406 g/mol. The molecule has 0 amide bonds. The first-order valence-corrected chi connectivity index (χ1v) is 10.7. The topological polar surface area (TPSA) is 58.2 Å². The lowest BCUT2D eigenvalue weighted by molar-refractivity contribution is 0.492. The molecular weight excluding hydrogens is 380 g/mol. The Morgan fingerprint density at radius 1 is 1.22 bits per heavy atom. The summed E-state index contributed by atoms with van der Waals surface area (Å²) in [4.78, 5) is 0. The third kappa shape index (κ3) is 5.42. The summed E-state index contributed by atoms with van der Waals surface area (Å²) >= 11 is 0. The standard InChI is InChI=1S/C21H26N2O2S.ClH/c1-3-17-9-5-6-11-19(17)18-10-7-8-16(14-18)15-21-20(12-13-22-21)23-26(24,25)4-2;/h3,5-11,14,20-23H,1,4,12-13,15H2,2H3;1H. The van der Waals surface area contributed by atoms with E-state index >= 15 is 0 Å². The summed E-state index contributed by atoms with van der Waals surface area (Å²) in [7, 11) is -3.19. The van der Waals surface area contributed by atoms with Gasteiger partial charge in [0.25, 0.3) is 0 Å². The van der Waals surface area contributed by atoms with E-state index in [4.69, 9.17) is 0 Å². The smallest absolute Gasteiger partial charge is 0.211 e. The Labute approximate surface area is 168 Å². The second kappa shape index (κ2) is 9.51. The summed E-state index contributed by atoms with van der Waals surface area (Å²) in [6.45, 7) is 6.40. The van der Waals surface area contributed by atoms with E-state index in [9.17, 15) is 8.42 Å². The molecule has 2 atom stereocenters. The van der Waals surface area contributed by atoms with E-state index in [0.29, 0.717) is 0 Å². The summed E-state index contributed by atoms with van der Waals surface area (Å²) in [6.07, 6.45) is 3.49. The van der Waals surface area contributed by atoms with E-state index in [2.05, 4.69) is 53.0 Å². The average Bonchev–Trinajstić information content (AvgIpc) is 3.08. The highest BCUT2D eigenvalue weighted by Crippen LogP contribution is 2.26. The highest BCUT2D eigenvalue weighted by molar-refractivity contribution is 7.89. The van der Waals surface area contributed by atoms with E-state index in [1.807, 2.05) is 18.2 Å². The van der Waals surface area contributed by atoms with E-state index in [1.165, 1.54) is 5.56 Å². The fourth-order valence-electron chi connectivity index (χ4n) is 3.49. The minimum atomic E-state index is -3.19. The van der Waals surface area contributed by atoms with Gasteiger partial charge in [-0.1, -0.05) is 61.2 Å². The zero-order valence-electron chi connectivity index (χ0n) is 15.5. The molecule has 0 aromatic heterocycles. The maximum Gasteiger partial charge on any atom is 0.211 e. The maximum absolute atomic E-state index is 11.9. The highest BCUT2D eigenvalue weighted by atomic mass is 35.5. The van der Waals surface area contributed by atoms with Gasteiger partial charge in [-0.25, -0.2) is 13.1 Å². The molecule has 1 aliphatic heterocycles. The number of hydrogen-bond donors (Lipinski definition) is 2. The molecule has 1 saturated heterocycles. The predicted molar refractivity (Wildman–Crippen MR) is 116 cm³/mol. The van der Waals surface area contributed by atoms with E-state index in [0.717, 1.165) is 36.1 Å². The van der Waals surface area contributed by atoms with Crippen LogP contribution in [0.15, 0.2) is 55.1 Å². The Hall–Kier alpha value is -1.66. The Balaban J connectivity index is 0.00000261. The molecule has 27 heavy (non-hydrogen) atoms. The normalized spacial score (nSPS) is 19.4. The number of benzene rings is 2. The number of rotatable bonds is 7. The molecule has 2 aromatic carbocycles. The predicted octanol–water partition coefficient (Wildman–Crippen LogP) is 3.63. The second-order valence-corrected chi connectivity index (χ2v) is 8.72. The molecule has 1 aliphatic rings. The van der Waals surface area contributed by atoms with Gasteiger partial charge in [-0.15, -0.1) is 12.4 Å². The van der Waals surface area contributed by atoms with Gasteiger partial charge in [-0.2, -0.15) is 0 Å². The number of halogens is 1. The van der Waals surface area contributed by atoms with Crippen molar-refractivity contribution in [3.63, 3.8) is 0 Å². The van der Waals surface area contributed by atoms with Gasteiger partial charge in [0.05, 0.1) is 5.75 Å². The average molecular weight is 407 g/mol. The van der Waals surface area contributed by atoms with Crippen molar-refractivity contribution < 1.29 is 8.42 Å². The SMILES string of the molecule is C=Cc1ccccc1-c1cccc(CC2NCCC2NS(=O)(=O)CC)c1.Cl. The van der Waals surface area contributed by atoms with Crippen molar-refractivity contribution in [2.24, 2.45) is 0 Å². The number of hydrogen-bond acceptors (Lipinski definition) is 3. The van der Waals surface area contributed by atoms with Crippen LogP contribution in [-0.4, -0.2) is 32.8 Å². The second-order valence-electron chi connectivity index (χ2n) is 6.67. The van der Waals surface area contributed by atoms with Crippen LogP contribution in [0.2, 0.25) is 0 Å². The van der Waals surface area contributed by atoms with Gasteiger partial charge in [0.15, 0.2) is 0 Å². The third-order valence-corrected chi connectivity index (χ3v) is 6.35. The molecule has 0 aliphatic carbocycles. The fraction of sp³-hybridized carbons (Fsp3) is 0.333. The highest BCUT2D eigenvalue weighted by Gasteiger charge is 2.29. The Morgan fingerprint density at radius 2 is 2.00 bits per heavy atom. The lowest BCUT2D eigenvalue weighted by atomic mass is 9.95. The maximum atomic E-state index is 11.9. The van der Waals surface area contributed by atoms with Crippen LogP contribution in [0.5, 0.6) is 0 Å². The Bertz CT molecular complexity index is 883. The molecular formula is C21H27ClN2O2S. The number of sulfonamides is 1. The largest absolute Gasteiger partial charge is 0.312 e. The lowest BCUT2D eigenvalue weighted by Crippen LogP contribution is -2.45. The van der Waals surface area contributed by atoms with Crippen molar-refractivity contribution in [2.75, 3.05) is 12.3 Å². The molecule has 1 fully saturated rings. The Kier molecular flexibility index (Phi) is 7.62. The summed E-state index contributed by atoms with van der Waals surface area (Å²) in [5, 5.41) is 3.44. The van der Waals surface area contributed by atoms with Crippen molar-refractivity contribution >= 4 is 28.5 Å². The molecule has 0 bridgehead atoms. The summed E-state index contributed by atoms with van der Waals surface area (Å²) in [5.74, 6) is 0.115. The van der Waals surface area contributed by atoms with Gasteiger partial charge < -0.3 is 5.32 Å². The van der Waals surface area contributed by atoms with Crippen LogP contribution >= 0.6 is 12.4 Å². The van der Waals surface area contributed by atoms with Gasteiger partial charge in [0, 0.05) is 12.1 Å². The van der Waals surface area contributed by atoms with Crippen LogP contribution in [0.25, 0.3) is 17.2 Å². The van der Waals surface area contributed by atoms with Crippen molar-refractivity contribution in [3.8, 4) is 11.1 Å². The molecule has 2 aromatic rings. The number of nitrogens with one attached hydrogen (secondary N) is 2. The zero-order chi connectivity index (χ0) is 18.6. The fourth-order valence-corrected chi connectivity index (χ4v) is 4.40. The van der Waals surface area contributed by atoms with Gasteiger partial charge >= 0.3 is 0 Å². The molecule has 2 unspecified atom stereocenters. The summed E-state index contributed by atoms with van der Waals surface area (Å²) < 4.78 is 26.7. The van der Waals surface area contributed by atoms with Crippen molar-refractivity contribution in [1.29, 1.82) is 0 Å². The van der Waals surface area contributed by atoms with Crippen molar-refractivity contribution in [2.45, 2.75) is 31.8 Å². The molecule has 3 rings (SSSR count). The van der Waals surface area contributed by atoms with E-state index in [-0.39, 0.29) is 30.2 Å². The third-order valence-electron chi connectivity index (χ3n) is 4.93. The Morgan fingerprint density at radius 3 is 2.74 bits per heavy atom. The van der Waals surface area contributed by atoms with Crippen LogP contribution in [0.1, 0.15) is 24.5 Å². The first-order valence-electron chi connectivity index (χ1n) is 9.06. The minimum absolute atomic E-state index is 0. The van der Waals surface area contributed by atoms with Crippen molar-refractivity contribution in [3.05, 3.63) is 66.2 Å². The van der Waals surface area contributed by atoms with Crippen LogP contribution in [0, 0.1) is 0 Å². The zero-order valence-corrected chi connectivity index (χ0v) is 17.2. The molecule has 0 radical (unpaired) electrons. The van der Waals surface area contributed by atoms with E-state index in [1.54, 1.807) is 6.92 Å². The lowest BCUT2D eigenvalue weighted by Gasteiger charge is -2.21. The first-order chi connectivity index (χ1) is 12.5. The first kappa shape index (κ1) is 21.6. The van der Waals surface area contributed by atoms with Crippen LogP contribution in [-0.2, 0) is 16.4 Å². The molecule has 1 heterocycles. The molecule has 6 heteroatoms. The summed E-state index contributed by atoms with van der Waals surface area (Å²) in [5.41, 5.74) is 4.62. The molecule has 4 nitrogen and oxygen atoms in total. The minimum Gasteiger partial charge on any atom is -0.312 e. The van der Waals surface area contributed by atoms with Gasteiger partial charge in [-0.3, -0.25) is 0 Å². The molecule has 146 valence electrons. The van der Waals surface area contributed by atoms with Crippen LogP contribution in [0.4, 0.5) is 0 Å².